The minimum Gasteiger partial charge on any atom is -0.397 e. The molecule has 0 aliphatic carbocycles. The summed E-state index contributed by atoms with van der Waals surface area (Å²) >= 11 is 0. The van der Waals surface area contributed by atoms with Gasteiger partial charge in [-0.1, -0.05) is 0 Å². The lowest BCUT2D eigenvalue weighted by Crippen LogP contribution is -2.64. The van der Waals surface area contributed by atoms with Gasteiger partial charge in [0.05, 0.1) is 29.6 Å². The first-order chi connectivity index (χ1) is 8.86. The van der Waals surface area contributed by atoms with Crippen molar-refractivity contribution in [1.29, 1.82) is 5.26 Å². The number of nitrogens with two attached hydrogens (primary N) is 1. The lowest BCUT2D eigenvalue weighted by molar-refractivity contribution is -0.135. The SMILES string of the molecule is CC1(C)C(=O)NC(=O)CN1c1cc(C#N)ccc1N. The van der Waals surface area contributed by atoms with E-state index < -0.39 is 5.54 Å². The topological polar surface area (TPSA) is 99.2 Å². The average Bonchev–Trinajstić information content (AvgIpc) is 2.35. The summed E-state index contributed by atoms with van der Waals surface area (Å²) in [5.74, 6) is -0.767. The summed E-state index contributed by atoms with van der Waals surface area (Å²) in [7, 11) is 0. The van der Waals surface area contributed by atoms with Crippen molar-refractivity contribution in [2.45, 2.75) is 19.4 Å². The van der Waals surface area contributed by atoms with Gasteiger partial charge >= 0.3 is 0 Å². The van der Waals surface area contributed by atoms with Crippen LogP contribution >= 0.6 is 0 Å². The normalized spacial score (nSPS) is 17.8. The molecule has 1 heterocycles. The summed E-state index contributed by atoms with van der Waals surface area (Å²) in [5, 5.41) is 11.2. The van der Waals surface area contributed by atoms with Crippen LogP contribution in [0.3, 0.4) is 0 Å². The van der Waals surface area contributed by atoms with Crippen LogP contribution in [0, 0.1) is 11.3 Å². The molecule has 1 saturated heterocycles. The second kappa shape index (κ2) is 4.28. The first-order valence-corrected chi connectivity index (χ1v) is 5.78. The van der Waals surface area contributed by atoms with Gasteiger partial charge in [-0.3, -0.25) is 14.9 Å². The number of hydrogen-bond donors (Lipinski definition) is 2. The monoisotopic (exact) mass is 258 g/mol. The molecule has 6 heteroatoms. The van der Waals surface area contributed by atoms with Crippen molar-refractivity contribution >= 4 is 23.2 Å². The molecular formula is C13H14N4O2. The molecule has 3 N–H and O–H groups in total. The van der Waals surface area contributed by atoms with Crippen molar-refractivity contribution in [2.75, 3.05) is 17.2 Å². The molecule has 0 unspecified atom stereocenters. The van der Waals surface area contributed by atoms with Gasteiger partial charge in [0, 0.05) is 0 Å². The number of nitrogens with one attached hydrogen (secondary N) is 1. The highest BCUT2D eigenvalue weighted by atomic mass is 16.2. The lowest BCUT2D eigenvalue weighted by Gasteiger charge is -2.42. The van der Waals surface area contributed by atoms with Crippen LogP contribution < -0.4 is 16.0 Å². The van der Waals surface area contributed by atoms with E-state index in [9.17, 15) is 9.59 Å². The summed E-state index contributed by atoms with van der Waals surface area (Å²) in [4.78, 5) is 25.0. The minimum absolute atomic E-state index is 0.0256. The predicted molar refractivity (Wildman–Crippen MR) is 70.1 cm³/mol. The van der Waals surface area contributed by atoms with Gasteiger partial charge in [0.2, 0.25) is 5.91 Å². The molecule has 0 radical (unpaired) electrons. The van der Waals surface area contributed by atoms with Crippen LogP contribution in [0.4, 0.5) is 11.4 Å². The van der Waals surface area contributed by atoms with Crippen molar-refractivity contribution in [3.05, 3.63) is 23.8 Å². The molecule has 1 aliphatic rings. The Morgan fingerprint density at radius 2 is 2.11 bits per heavy atom. The van der Waals surface area contributed by atoms with E-state index >= 15 is 0 Å². The maximum absolute atomic E-state index is 11.9. The number of nitrogen functional groups attached to an aromatic ring is 1. The van der Waals surface area contributed by atoms with Gasteiger partial charge in [-0.25, -0.2) is 0 Å². The van der Waals surface area contributed by atoms with E-state index in [0.29, 0.717) is 16.9 Å². The van der Waals surface area contributed by atoms with Crippen molar-refractivity contribution in [3.8, 4) is 6.07 Å². The summed E-state index contributed by atoms with van der Waals surface area (Å²) in [6, 6.07) is 6.80. The number of imide groups is 1. The number of carbonyl (C=O) groups is 2. The Hall–Kier alpha value is -2.55. The maximum atomic E-state index is 11.9. The first-order valence-electron chi connectivity index (χ1n) is 5.78. The molecule has 1 aromatic rings. The van der Waals surface area contributed by atoms with Crippen molar-refractivity contribution in [3.63, 3.8) is 0 Å². The van der Waals surface area contributed by atoms with Gasteiger partial charge in [-0.2, -0.15) is 5.26 Å². The smallest absolute Gasteiger partial charge is 0.251 e. The quantitative estimate of drug-likeness (QED) is 0.560. The summed E-state index contributed by atoms with van der Waals surface area (Å²) in [6.07, 6.45) is 0. The fraction of sp³-hybridized carbons (Fsp3) is 0.308. The minimum atomic E-state index is -0.907. The number of hydrogen-bond acceptors (Lipinski definition) is 5. The molecule has 98 valence electrons. The van der Waals surface area contributed by atoms with E-state index in [1.165, 1.54) is 0 Å². The van der Waals surface area contributed by atoms with Crippen LogP contribution in [0.25, 0.3) is 0 Å². The van der Waals surface area contributed by atoms with Crippen molar-refractivity contribution in [2.24, 2.45) is 0 Å². The van der Waals surface area contributed by atoms with Gasteiger partial charge in [-0.15, -0.1) is 0 Å². The molecule has 0 bridgehead atoms. The van der Waals surface area contributed by atoms with Crippen LogP contribution in [0.1, 0.15) is 19.4 Å². The van der Waals surface area contributed by atoms with Crippen LogP contribution in [0.15, 0.2) is 18.2 Å². The van der Waals surface area contributed by atoms with Gasteiger partial charge < -0.3 is 10.6 Å². The Labute approximate surface area is 110 Å². The van der Waals surface area contributed by atoms with E-state index in [4.69, 9.17) is 11.0 Å². The molecule has 19 heavy (non-hydrogen) atoms. The van der Waals surface area contributed by atoms with Crippen LogP contribution in [0.5, 0.6) is 0 Å². The Balaban J connectivity index is 2.53. The summed E-state index contributed by atoms with van der Waals surface area (Å²) < 4.78 is 0. The van der Waals surface area contributed by atoms with E-state index in [1.807, 2.05) is 6.07 Å². The van der Waals surface area contributed by atoms with Gasteiger partial charge in [-0.05, 0) is 32.0 Å². The molecule has 0 spiro atoms. The molecular weight excluding hydrogens is 244 g/mol. The Bertz CT molecular complexity index is 601. The predicted octanol–water partition coefficient (Wildman–Crippen LogP) is 0.382. The Kier molecular flexibility index (Phi) is 2.91. The molecule has 0 aromatic heterocycles. The van der Waals surface area contributed by atoms with Gasteiger partial charge in [0.25, 0.3) is 5.91 Å². The molecule has 2 amide bonds. The number of amides is 2. The second-order valence-corrected chi connectivity index (χ2v) is 4.91. The molecule has 0 saturated carbocycles. The van der Waals surface area contributed by atoms with Gasteiger partial charge in [0.1, 0.15) is 5.54 Å². The third-order valence-electron chi connectivity index (χ3n) is 3.24. The van der Waals surface area contributed by atoms with Crippen molar-refractivity contribution in [1.82, 2.24) is 5.32 Å². The number of anilines is 2. The number of piperazine rings is 1. The van der Waals surface area contributed by atoms with Crippen molar-refractivity contribution < 1.29 is 9.59 Å². The molecule has 1 aliphatic heterocycles. The zero-order valence-corrected chi connectivity index (χ0v) is 10.7. The number of rotatable bonds is 1. The Morgan fingerprint density at radius 3 is 2.74 bits per heavy atom. The zero-order valence-electron chi connectivity index (χ0n) is 10.7. The number of nitrogens with zero attached hydrogens (tertiary/aromatic N) is 2. The zero-order chi connectivity index (χ0) is 14.2. The number of carbonyl (C=O) groups excluding carboxylic acids is 2. The summed E-state index contributed by atoms with van der Waals surface area (Å²) in [6.45, 7) is 3.43. The average molecular weight is 258 g/mol. The van der Waals surface area contributed by atoms with Crippen LogP contribution in [-0.4, -0.2) is 23.9 Å². The molecule has 1 fully saturated rings. The standard InChI is InChI=1S/C13H14N4O2/c1-13(2)12(19)16-11(18)7-17(13)10-5-8(6-14)3-4-9(10)15/h3-5H,7,15H2,1-2H3,(H,16,18,19). The number of nitriles is 1. The van der Waals surface area contributed by atoms with Gasteiger partial charge in [0.15, 0.2) is 0 Å². The fourth-order valence-electron chi connectivity index (χ4n) is 2.02. The molecule has 2 rings (SSSR count). The van der Waals surface area contributed by atoms with E-state index in [-0.39, 0.29) is 18.4 Å². The Morgan fingerprint density at radius 1 is 1.42 bits per heavy atom. The third-order valence-corrected chi connectivity index (χ3v) is 3.24. The largest absolute Gasteiger partial charge is 0.397 e. The van der Waals surface area contributed by atoms with E-state index in [2.05, 4.69) is 5.32 Å². The van der Waals surface area contributed by atoms with E-state index in [0.717, 1.165) is 0 Å². The van der Waals surface area contributed by atoms with E-state index in [1.54, 1.807) is 36.9 Å². The second-order valence-electron chi connectivity index (χ2n) is 4.91. The highest BCUT2D eigenvalue weighted by Crippen LogP contribution is 2.31. The maximum Gasteiger partial charge on any atom is 0.251 e. The summed E-state index contributed by atoms with van der Waals surface area (Å²) in [5.41, 5.74) is 6.36. The van der Waals surface area contributed by atoms with Crippen LogP contribution in [-0.2, 0) is 9.59 Å². The van der Waals surface area contributed by atoms with Crippen LogP contribution in [0.2, 0.25) is 0 Å². The molecule has 1 aromatic carbocycles. The number of benzene rings is 1. The highest BCUT2D eigenvalue weighted by molar-refractivity contribution is 6.07. The molecule has 0 atom stereocenters. The fourth-order valence-corrected chi connectivity index (χ4v) is 2.02. The first kappa shape index (κ1) is 12.9. The molecule has 6 nitrogen and oxygen atoms in total. The highest BCUT2D eigenvalue weighted by Gasteiger charge is 2.41. The lowest BCUT2D eigenvalue weighted by atomic mass is 9.97. The third kappa shape index (κ3) is 2.10.